The molecule has 0 saturated carbocycles. The molecule has 2 atom stereocenters. The van der Waals surface area contributed by atoms with Crippen molar-refractivity contribution in [3.05, 3.63) is 24.3 Å². The van der Waals surface area contributed by atoms with Crippen LogP contribution in [0.1, 0.15) is 20.3 Å². The Labute approximate surface area is 127 Å². The summed E-state index contributed by atoms with van der Waals surface area (Å²) in [5, 5.41) is 3.44. The van der Waals surface area contributed by atoms with Crippen LogP contribution >= 0.6 is 0 Å². The van der Waals surface area contributed by atoms with Gasteiger partial charge in [0.05, 0.1) is 5.69 Å². The van der Waals surface area contributed by atoms with Crippen molar-refractivity contribution >= 4 is 15.7 Å². The summed E-state index contributed by atoms with van der Waals surface area (Å²) >= 11 is 0. The van der Waals surface area contributed by atoms with Gasteiger partial charge in [0.1, 0.15) is 4.90 Å². The molecular weight excluding hydrogens is 286 g/mol. The van der Waals surface area contributed by atoms with Crippen molar-refractivity contribution in [3.63, 3.8) is 0 Å². The molecule has 1 aromatic carbocycles. The number of hydrogen-bond acceptors (Lipinski definition) is 4. The van der Waals surface area contributed by atoms with Crippen molar-refractivity contribution in [2.75, 3.05) is 32.0 Å². The molecular formula is C15H25N3O2S. The number of nitrogens with zero attached hydrogens (tertiary/aromatic N) is 1. The average Bonchev–Trinajstić information content (AvgIpc) is 2.42. The number of hydrogen-bond donors (Lipinski definition) is 2. The highest BCUT2D eigenvalue weighted by molar-refractivity contribution is 7.89. The second-order valence-electron chi connectivity index (χ2n) is 5.78. The fraction of sp³-hybridized carbons (Fsp3) is 0.600. The summed E-state index contributed by atoms with van der Waals surface area (Å²) in [7, 11) is -1.32. The first-order chi connectivity index (χ1) is 9.94. The van der Waals surface area contributed by atoms with Crippen LogP contribution in [-0.2, 0) is 10.0 Å². The fourth-order valence-electron chi connectivity index (χ4n) is 2.86. The van der Waals surface area contributed by atoms with Gasteiger partial charge in [0.25, 0.3) is 0 Å². The van der Waals surface area contributed by atoms with Crippen molar-refractivity contribution < 1.29 is 8.42 Å². The molecule has 0 radical (unpaired) electrons. The molecule has 0 aromatic heterocycles. The lowest BCUT2D eigenvalue weighted by Crippen LogP contribution is -2.43. The lowest BCUT2D eigenvalue weighted by Gasteiger charge is -2.36. The van der Waals surface area contributed by atoms with Crippen LogP contribution in [0.15, 0.2) is 29.2 Å². The van der Waals surface area contributed by atoms with Gasteiger partial charge in [-0.1, -0.05) is 26.0 Å². The van der Waals surface area contributed by atoms with Crippen molar-refractivity contribution in [3.8, 4) is 0 Å². The maximum Gasteiger partial charge on any atom is 0.242 e. The lowest BCUT2D eigenvalue weighted by molar-refractivity contribution is 0.206. The van der Waals surface area contributed by atoms with Crippen LogP contribution in [0.4, 0.5) is 5.69 Å². The monoisotopic (exact) mass is 311 g/mol. The van der Waals surface area contributed by atoms with Crippen LogP contribution in [0.3, 0.4) is 0 Å². The van der Waals surface area contributed by atoms with Gasteiger partial charge < -0.3 is 10.2 Å². The van der Waals surface area contributed by atoms with Crippen LogP contribution in [0, 0.1) is 5.92 Å². The van der Waals surface area contributed by atoms with E-state index in [1.165, 1.54) is 0 Å². The quantitative estimate of drug-likeness (QED) is 0.869. The molecule has 0 spiro atoms. The smallest absolute Gasteiger partial charge is 0.242 e. The number of anilines is 1. The summed E-state index contributed by atoms with van der Waals surface area (Å²) in [5.74, 6) is 0.485. The third-order valence-corrected chi connectivity index (χ3v) is 5.56. The van der Waals surface area contributed by atoms with Gasteiger partial charge in [-0.05, 0) is 38.1 Å². The first-order valence-electron chi connectivity index (χ1n) is 7.48. The topological polar surface area (TPSA) is 61.4 Å². The summed E-state index contributed by atoms with van der Waals surface area (Å²) in [6, 6.07) is 7.43. The highest BCUT2D eigenvalue weighted by Crippen LogP contribution is 2.25. The summed E-state index contributed by atoms with van der Waals surface area (Å²) in [6.45, 7) is 6.44. The molecule has 0 aliphatic carbocycles. The minimum Gasteiger partial charge on any atom is -0.381 e. The molecule has 2 N–H and O–H groups in total. The molecule has 1 fully saturated rings. The molecule has 2 rings (SSSR count). The van der Waals surface area contributed by atoms with Gasteiger partial charge in [0, 0.05) is 19.1 Å². The van der Waals surface area contributed by atoms with Crippen molar-refractivity contribution in [2.24, 2.45) is 5.92 Å². The number of nitrogens with one attached hydrogen (secondary N) is 2. The van der Waals surface area contributed by atoms with E-state index in [9.17, 15) is 8.42 Å². The fourth-order valence-corrected chi connectivity index (χ4v) is 4.07. The van der Waals surface area contributed by atoms with E-state index in [4.69, 9.17) is 0 Å². The Morgan fingerprint density at radius 2 is 2.05 bits per heavy atom. The normalized spacial score (nSPS) is 24.0. The van der Waals surface area contributed by atoms with E-state index in [-0.39, 0.29) is 0 Å². The summed E-state index contributed by atoms with van der Waals surface area (Å²) < 4.78 is 27.1. The van der Waals surface area contributed by atoms with E-state index >= 15 is 0 Å². The average molecular weight is 311 g/mol. The van der Waals surface area contributed by atoms with E-state index in [1.807, 2.05) is 12.1 Å². The summed E-state index contributed by atoms with van der Waals surface area (Å²) in [4.78, 5) is 2.64. The Kier molecular flexibility index (Phi) is 5.24. The summed E-state index contributed by atoms with van der Waals surface area (Å²) in [5.41, 5.74) is 0.694. The number of para-hydroxylation sites is 1. The number of likely N-dealkylation sites (tertiary alicyclic amines) is 1. The zero-order valence-electron chi connectivity index (χ0n) is 13.0. The Morgan fingerprint density at radius 3 is 2.71 bits per heavy atom. The van der Waals surface area contributed by atoms with Crippen LogP contribution < -0.4 is 10.0 Å². The third kappa shape index (κ3) is 3.96. The lowest BCUT2D eigenvalue weighted by atomic mass is 9.94. The van der Waals surface area contributed by atoms with E-state index in [0.29, 0.717) is 29.1 Å². The van der Waals surface area contributed by atoms with E-state index in [1.54, 1.807) is 19.1 Å². The number of piperidine rings is 1. The second kappa shape index (κ2) is 6.77. The highest BCUT2D eigenvalue weighted by Gasteiger charge is 2.26. The molecule has 0 bridgehead atoms. The Balaban J connectivity index is 2.21. The number of benzene rings is 1. The molecule has 1 saturated heterocycles. The van der Waals surface area contributed by atoms with Gasteiger partial charge in [0.2, 0.25) is 10.0 Å². The predicted octanol–water partition coefficient (Wildman–Crippen LogP) is 1.74. The molecule has 2 unspecified atom stereocenters. The Hall–Kier alpha value is -1.11. The van der Waals surface area contributed by atoms with Gasteiger partial charge in [0.15, 0.2) is 0 Å². The predicted molar refractivity (Wildman–Crippen MR) is 86.0 cm³/mol. The van der Waals surface area contributed by atoms with Crippen LogP contribution in [0.2, 0.25) is 0 Å². The van der Waals surface area contributed by atoms with Crippen molar-refractivity contribution in [1.29, 1.82) is 0 Å². The standard InChI is InChI=1S/C15H25N3O2S/c1-4-16-21(19,20)15-8-6-5-7-14(15)17-13-9-10-18(3)11-12(13)2/h5-8,12-13,16-17H,4,9-11H2,1-3H3. The van der Waals surface area contributed by atoms with Crippen LogP contribution in [-0.4, -0.2) is 46.0 Å². The zero-order valence-corrected chi connectivity index (χ0v) is 13.8. The molecule has 1 aliphatic heterocycles. The van der Waals surface area contributed by atoms with E-state index in [2.05, 4.69) is 28.9 Å². The van der Waals surface area contributed by atoms with Crippen LogP contribution in [0.25, 0.3) is 0 Å². The molecule has 6 heteroatoms. The van der Waals surface area contributed by atoms with Gasteiger partial charge in [-0.2, -0.15) is 0 Å². The second-order valence-corrected chi connectivity index (χ2v) is 7.51. The number of rotatable bonds is 5. The third-order valence-electron chi connectivity index (χ3n) is 3.96. The van der Waals surface area contributed by atoms with Gasteiger partial charge in [-0.3, -0.25) is 0 Å². The molecule has 1 aromatic rings. The maximum atomic E-state index is 12.3. The first-order valence-corrected chi connectivity index (χ1v) is 8.96. The maximum absolute atomic E-state index is 12.3. The zero-order chi connectivity index (χ0) is 15.5. The first kappa shape index (κ1) is 16.3. The van der Waals surface area contributed by atoms with E-state index in [0.717, 1.165) is 19.5 Å². The largest absolute Gasteiger partial charge is 0.381 e. The Bertz CT molecular complexity index is 574. The summed E-state index contributed by atoms with van der Waals surface area (Å²) in [6.07, 6.45) is 1.02. The molecule has 21 heavy (non-hydrogen) atoms. The molecule has 118 valence electrons. The van der Waals surface area contributed by atoms with Crippen LogP contribution in [0.5, 0.6) is 0 Å². The highest BCUT2D eigenvalue weighted by atomic mass is 32.2. The minimum atomic E-state index is -3.44. The van der Waals surface area contributed by atoms with Gasteiger partial charge in [-0.15, -0.1) is 0 Å². The van der Waals surface area contributed by atoms with E-state index < -0.39 is 10.0 Å². The van der Waals surface area contributed by atoms with Gasteiger partial charge in [-0.25, -0.2) is 13.1 Å². The molecule has 5 nitrogen and oxygen atoms in total. The molecule has 0 amide bonds. The van der Waals surface area contributed by atoms with Gasteiger partial charge >= 0.3 is 0 Å². The molecule has 1 heterocycles. The van der Waals surface area contributed by atoms with Crippen molar-refractivity contribution in [1.82, 2.24) is 9.62 Å². The number of sulfonamides is 1. The minimum absolute atomic E-state index is 0.305. The Morgan fingerprint density at radius 1 is 1.33 bits per heavy atom. The SMILES string of the molecule is CCNS(=O)(=O)c1ccccc1NC1CCN(C)CC1C. The molecule has 1 aliphatic rings. The van der Waals surface area contributed by atoms with Crippen molar-refractivity contribution in [2.45, 2.75) is 31.2 Å².